The van der Waals surface area contributed by atoms with Crippen LogP contribution in [0.5, 0.6) is 0 Å². The van der Waals surface area contributed by atoms with E-state index < -0.39 is 28.5 Å². The lowest BCUT2D eigenvalue weighted by Crippen LogP contribution is -2.26. The van der Waals surface area contributed by atoms with E-state index in [1.54, 1.807) is 24.3 Å². The largest absolute Gasteiger partial charge is 0.452 e. The Bertz CT molecular complexity index is 1050. The van der Waals surface area contributed by atoms with Crippen LogP contribution in [0.15, 0.2) is 41.3 Å². The van der Waals surface area contributed by atoms with E-state index in [-0.39, 0.29) is 26.5 Å². The van der Waals surface area contributed by atoms with Crippen LogP contribution in [0.4, 0.5) is 5.69 Å². The number of amides is 1. The lowest BCUT2D eigenvalue weighted by Gasteiger charge is -2.11. The van der Waals surface area contributed by atoms with Crippen molar-refractivity contribution in [1.82, 2.24) is 4.72 Å². The summed E-state index contributed by atoms with van der Waals surface area (Å²) in [4.78, 5) is 24.0. The third kappa shape index (κ3) is 5.83. The maximum absolute atomic E-state index is 12.4. The second-order valence-electron chi connectivity index (χ2n) is 6.29. The Balaban J connectivity index is 1.69. The third-order valence-corrected chi connectivity index (χ3v) is 6.44. The number of rotatable bonds is 7. The Hall–Kier alpha value is -1.84. The minimum Gasteiger partial charge on any atom is -0.452 e. The van der Waals surface area contributed by atoms with Crippen molar-refractivity contribution in [2.75, 3.05) is 11.9 Å². The van der Waals surface area contributed by atoms with Gasteiger partial charge in [0.25, 0.3) is 5.91 Å². The number of nitrogens with one attached hydrogen (secondary N) is 2. The molecule has 1 amide bonds. The first-order valence-electron chi connectivity index (χ1n) is 8.39. The van der Waals surface area contributed by atoms with Gasteiger partial charge in [-0.05, 0) is 49.2 Å². The minimum absolute atomic E-state index is 0.0940. The fourth-order valence-electron chi connectivity index (χ4n) is 2.31. The molecule has 0 atom stereocenters. The number of sulfonamides is 1. The number of halogens is 3. The Morgan fingerprint density at radius 1 is 1.03 bits per heavy atom. The predicted octanol–water partition coefficient (Wildman–Crippen LogP) is 3.88. The molecule has 1 fully saturated rings. The molecule has 0 unspecified atom stereocenters. The minimum atomic E-state index is -3.91. The molecule has 1 aliphatic rings. The van der Waals surface area contributed by atoms with Gasteiger partial charge >= 0.3 is 5.97 Å². The Morgan fingerprint density at radius 2 is 1.69 bits per heavy atom. The third-order valence-electron chi connectivity index (χ3n) is 3.89. The maximum atomic E-state index is 12.4. The van der Waals surface area contributed by atoms with Crippen molar-refractivity contribution in [3.05, 3.63) is 57.0 Å². The second-order valence-corrected chi connectivity index (χ2v) is 9.22. The van der Waals surface area contributed by atoms with Crippen LogP contribution in [0.2, 0.25) is 15.1 Å². The molecule has 11 heteroatoms. The van der Waals surface area contributed by atoms with Gasteiger partial charge in [-0.25, -0.2) is 17.9 Å². The standard InChI is InChI=1S/C18H15Cl3N2O5S/c19-10-1-3-11(4-2-10)22-17(24)9-28-18(25)13-7-16(15(21)8-14(13)20)29(26,27)23-12-5-6-12/h1-4,7-8,12,23H,5-6,9H2,(H,22,24). The molecule has 0 radical (unpaired) electrons. The van der Waals surface area contributed by atoms with Crippen LogP contribution in [-0.4, -0.2) is 32.9 Å². The van der Waals surface area contributed by atoms with Gasteiger partial charge in [0.05, 0.1) is 15.6 Å². The molecular formula is C18H15Cl3N2O5S. The molecule has 29 heavy (non-hydrogen) atoms. The number of hydrogen-bond donors (Lipinski definition) is 2. The molecule has 154 valence electrons. The van der Waals surface area contributed by atoms with Crippen LogP contribution in [-0.2, 0) is 19.6 Å². The first kappa shape index (κ1) is 21.9. The van der Waals surface area contributed by atoms with Gasteiger partial charge in [-0.2, -0.15) is 0 Å². The summed E-state index contributed by atoms with van der Waals surface area (Å²) in [5, 5.41) is 2.82. The molecule has 0 heterocycles. The van der Waals surface area contributed by atoms with Crippen LogP contribution in [0.25, 0.3) is 0 Å². The monoisotopic (exact) mass is 476 g/mol. The molecule has 1 saturated carbocycles. The zero-order valence-corrected chi connectivity index (χ0v) is 17.8. The van der Waals surface area contributed by atoms with Crippen molar-refractivity contribution in [1.29, 1.82) is 0 Å². The number of benzene rings is 2. The SMILES string of the molecule is O=C(COC(=O)c1cc(S(=O)(=O)NC2CC2)c(Cl)cc1Cl)Nc1ccc(Cl)cc1. The normalized spacial score (nSPS) is 13.8. The molecule has 0 spiro atoms. The quantitative estimate of drug-likeness (QED) is 0.589. The summed E-state index contributed by atoms with van der Waals surface area (Å²) in [7, 11) is -3.91. The van der Waals surface area contributed by atoms with Crippen LogP contribution in [0, 0.1) is 0 Å². The first-order valence-corrected chi connectivity index (χ1v) is 11.0. The van der Waals surface area contributed by atoms with Gasteiger partial charge in [0.15, 0.2) is 6.61 Å². The van der Waals surface area contributed by atoms with E-state index in [9.17, 15) is 18.0 Å². The average Bonchev–Trinajstić information content (AvgIpc) is 3.44. The van der Waals surface area contributed by atoms with Crippen molar-refractivity contribution in [3.8, 4) is 0 Å². The fraction of sp³-hybridized carbons (Fsp3) is 0.222. The van der Waals surface area contributed by atoms with Crippen LogP contribution >= 0.6 is 34.8 Å². The molecule has 2 aromatic rings. The number of ether oxygens (including phenoxy) is 1. The van der Waals surface area contributed by atoms with Gasteiger partial charge in [-0.3, -0.25) is 4.79 Å². The molecule has 3 rings (SSSR count). The summed E-state index contributed by atoms with van der Waals surface area (Å²) in [5.74, 6) is -1.55. The summed E-state index contributed by atoms with van der Waals surface area (Å²) in [6.45, 7) is -0.594. The molecule has 2 N–H and O–H groups in total. The maximum Gasteiger partial charge on any atom is 0.340 e. The summed E-state index contributed by atoms with van der Waals surface area (Å²) in [6, 6.07) is 8.40. The highest BCUT2D eigenvalue weighted by molar-refractivity contribution is 7.89. The van der Waals surface area contributed by atoms with E-state index >= 15 is 0 Å². The Morgan fingerprint density at radius 3 is 2.31 bits per heavy atom. The lowest BCUT2D eigenvalue weighted by molar-refractivity contribution is -0.119. The molecule has 2 aromatic carbocycles. The molecule has 0 saturated heterocycles. The highest BCUT2D eigenvalue weighted by atomic mass is 35.5. The average molecular weight is 478 g/mol. The van der Waals surface area contributed by atoms with Crippen molar-refractivity contribution in [2.45, 2.75) is 23.8 Å². The van der Waals surface area contributed by atoms with Gasteiger partial charge in [0, 0.05) is 16.8 Å². The highest BCUT2D eigenvalue weighted by Gasteiger charge is 2.30. The van der Waals surface area contributed by atoms with E-state index in [1.165, 1.54) is 0 Å². The van der Waals surface area contributed by atoms with E-state index in [0.29, 0.717) is 10.7 Å². The zero-order valence-electron chi connectivity index (χ0n) is 14.7. The highest BCUT2D eigenvalue weighted by Crippen LogP contribution is 2.31. The van der Waals surface area contributed by atoms with Gasteiger partial charge in [-0.1, -0.05) is 34.8 Å². The fourth-order valence-corrected chi connectivity index (χ4v) is 4.60. The van der Waals surface area contributed by atoms with E-state index in [0.717, 1.165) is 25.0 Å². The van der Waals surface area contributed by atoms with Gasteiger partial charge in [0.2, 0.25) is 10.0 Å². The van der Waals surface area contributed by atoms with Crippen molar-refractivity contribution < 1.29 is 22.7 Å². The molecular weight excluding hydrogens is 463 g/mol. The number of anilines is 1. The topological polar surface area (TPSA) is 102 Å². The van der Waals surface area contributed by atoms with Crippen molar-refractivity contribution >= 4 is 62.4 Å². The van der Waals surface area contributed by atoms with E-state index in [4.69, 9.17) is 39.5 Å². The summed E-state index contributed by atoms with van der Waals surface area (Å²) < 4.78 is 32.3. The van der Waals surface area contributed by atoms with Crippen LogP contribution < -0.4 is 10.0 Å². The zero-order chi connectivity index (χ0) is 21.2. The number of carbonyl (C=O) groups excluding carboxylic acids is 2. The molecule has 1 aliphatic carbocycles. The predicted molar refractivity (Wildman–Crippen MR) is 110 cm³/mol. The number of hydrogen-bond acceptors (Lipinski definition) is 5. The molecule has 0 aromatic heterocycles. The van der Waals surface area contributed by atoms with Crippen molar-refractivity contribution in [2.24, 2.45) is 0 Å². The summed E-state index contributed by atoms with van der Waals surface area (Å²) in [6.07, 6.45) is 1.48. The van der Waals surface area contributed by atoms with E-state index in [2.05, 4.69) is 10.0 Å². The molecule has 7 nitrogen and oxygen atoms in total. The van der Waals surface area contributed by atoms with Crippen molar-refractivity contribution in [3.63, 3.8) is 0 Å². The first-order chi connectivity index (χ1) is 13.7. The molecule has 0 bridgehead atoms. The smallest absolute Gasteiger partial charge is 0.340 e. The summed E-state index contributed by atoms with van der Waals surface area (Å²) in [5.41, 5.74) is 0.256. The Labute approximate surface area is 182 Å². The van der Waals surface area contributed by atoms with E-state index in [1.807, 2.05) is 0 Å². The van der Waals surface area contributed by atoms with Gasteiger partial charge in [0.1, 0.15) is 4.90 Å². The van der Waals surface area contributed by atoms with Gasteiger partial charge < -0.3 is 10.1 Å². The summed E-state index contributed by atoms with van der Waals surface area (Å²) >= 11 is 17.8. The van der Waals surface area contributed by atoms with Crippen LogP contribution in [0.3, 0.4) is 0 Å². The number of esters is 1. The molecule has 0 aliphatic heterocycles. The Kier molecular flexibility index (Phi) is 6.70. The van der Waals surface area contributed by atoms with Gasteiger partial charge in [-0.15, -0.1) is 0 Å². The lowest BCUT2D eigenvalue weighted by atomic mass is 10.2. The number of carbonyl (C=O) groups is 2. The second kappa shape index (κ2) is 8.89. The van der Waals surface area contributed by atoms with Crippen LogP contribution in [0.1, 0.15) is 23.2 Å².